The molecule has 2 atom stereocenters. The van der Waals surface area contributed by atoms with Gasteiger partial charge in [0.25, 0.3) is 0 Å². The first-order chi connectivity index (χ1) is 10.4. The number of aromatic nitrogens is 2. The van der Waals surface area contributed by atoms with Crippen molar-refractivity contribution in [3.8, 4) is 0 Å². The maximum absolute atomic E-state index is 12.8. The number of hydrogen-bond donors (Lipinski definition) is 1. The predicted octanol–water partition coefficient (Wildman–Crippen LogP) is 0.611. The summed E-state index contributed by atoms with van der Waals surface area (Å²) in [6, 6.07) is -0.00487. The van der Waals surface area contributed by atoms with Crippen LogP contribution in [-0.4, -0.2) is 59.8 Å². The fourth-order valence-corrected chi connectivity index (χ4v) is 4.19. The van der Waals surface area contributed by atoms with Gasteiger partial charge in [-0.05, 0) is 13.3 Å². The number of nitrogens with zero attached hydrogens (tertiary/aromatic N) is 3. The molecule has 1 aromatic heterocycles. The maximum atomic E-state index is 12.8. The molecule has 0 radical (unpaired) electrons. The van der Waals surface area contributed by atoms with Gasteiger partial charge in [-0.3, -0.25) is 0 Å². The van der Waals surface area contributed by atoms with Gasteiger partial charge >= 0.3 is 0 Å². The Labute approximate surface area is 128 Å². The fourth-order valence-electron chi connectivity index (χ4n) is 3.02. The molecule has 0 bridgehead atoms. The first kappa shape index (κ1) is 15.6. The van der Waals surface area contributed by atoms with E-state index in [1.54, 1.807) is 6.92 Å². The molecule has 0 amide bonds. The van der Waals surface area contributed by atoms with Gasteiger partial charge in [0, 0.05) is 19.5 Å². The van der Waals surface area contributed by atoms with Crippen LogP contribution in [0.3, 0.4) is 0 Å². The van der Waals surface area contributed by atoms with E-state index in [0.29, 0.717) is 38.5 Å². The third-order valence-electron chi connectivity index (χ3n) is 4.20. The van der Waals surface area contributed by atoms with Crippen LogP contribution in [0.5, 0.6) is 0 Å². The molecule has 3 heterocycles. The monoisotopic (exact) mass is 330 g/mol. The van der Waals surface area contributed by atoms with Gasteiger partial charge in [-0.1, -0.05) is 0 Å². The van der Waals surface area contributed by atoms with E-state index in [4.69, 9.17) is 4.74 Å². The fraction of sp³-hybridized carbons (Fsp3) is 0.692. The van der Waals surface area contributed by atoms with Crippen molar-refractivity contribution in [3.63, 3.8) is 0 Å². The summed E-state index contributed by atoms with van der Waals surface area (Å²) in [6.45, 7) is 2.99. The summed E-state index contributed by atoms with van der Waals surface area (Å²) >= 11 is 0. The van der Waals surface area contributed by atoms with Gasteiger partial charge in [-0.25, -0.2) is 22.8 Å². The summed E-state index contributed by atoms with van der Waals surface area (Å²) in [5, 5.41) is 3.10. The molecule has 7 nitrogen and oxygen atoms in total. The number of halogens is 1. The van der Waals surface area contributed by atoms with Crippen LogP contribution in [0, 0.1) is 5.82 Å². The van der Waals surface area contributed by atoms with Crippen LogP contribution in [-0.2, 0) is 14.8 Å². The second-order valence-electron chi connectivity index (χ2n) is 5.75. The summed E-state index contributed by atoms with van der Waals surface area (Å²) in [6.07, 6.45) is 3.58. The number of hydrogen-bond acceptors (Lipinski definition) is 6. The predicted molar refractivity (Wildman–Crippen MR) is 78.4 cm³/mol. The molecular weight excluding hydrogens is 311 g/mol. The zero-order chi connectivity index (χ0) is 15.8. The number of ether oxygens (including phenoxy) is 1. The Morgan fingerprint density at radius 1 is 1.50 bits per heavy atom. The molecule has 9 heteroatoms. The van der Waals surface area contributed by atoms with Crippen molar-refractivity contribution >= 4 is 16.0 Å². The molecule has 2 aliphatic rings. The Kier molecular flexibility index (Phi) is 4.04. The molecule has 0 aromatic carbocycles. The van der Waals surface area contributed by atoms with E-state index in [9.17, 15) is 12.8 Å². The van der Waals surface area contributed by atoms with E-state index in [-0.39, 0.29) is 11.8 Å². The van der Waals surface area contributed by atoms with Crippen LogP contribution >= 0.6 is 0 Å². The number of rotatable bonds is 4. The summed E-state index contributed by atoms with van der Waals surface area (Å²) < 4.78 is 44.1. The molecule has 0 aliphatic carbocycles. The molecule has 2 unspecified atom stereocenters. The molecule has 22 heavy (non-hydrogen) atoms. The smallest absolute Gasteiger partial charge is 0.223 e. The summed E-state index contributed by atoms with van der Waals surface area (Å²) in [5.41, 5.74) is -0.431. The lowest BCUT2D eigenvalue weighted by molar-refractivity contribution is 0.0173. The molecule has 1 spiro atoms. The Bertz CT molecular complexity index is 639. The first-order valence-corrected chi connectivity index (χ1v) is 8.89. The molecular formula is C13H19FN4O3S. The third-order valence-corrected chi connectivity index (χ3v) is 6.03. The molecule has 122 valence electrons. The largest absolute Gasteiger partial charge is 0.371 e. The molecule has 2 fully saturated rings. The minimum absolute atomic E-state index is 0.00487. The zero-order valence-corrected chi connectivity index (χ0v) is 13.1. The van der Waals surface area contributed by atoms with Crippen LogP contribution in [0.15, 0.2) is 12.4 Å². The summed E-state index contributed by atoms with van der Waals surface area (Å²) in [7, 11) is -3.18. The van der Waals surface area contributed by atoms with Gasteiger partial charge in [0.05, 0.1) is 36.4 Å². The van der Waals surface area contributed by atoms with Crippen molar-refractivity contribution in [1.82, 2.24) is 14.3 Å². The minimum Gasteiger partial charge on any atom is -0.371 e. The van der Waals surface area contributed by atoms with Gasteiger partial charge < -0.3 is 10.1 Å². The van der Waals surface area contributed by atoms with Crippen LogP contribution in [0.2, 0.25) is 0 Å². The van der Waals surface area contributed by atoms with Crippen LogP contribution in [0.1, 0.15) is 19.8 Å². The molecule has 0 saturated carbocycles. The summed E-state index contributed by atoms with van der Waals surface area (Å²) in [4.78, 5) is 7.73. The quantitative estimate of drug-likeness (QED) is 0.871. The second kappa shape index (κ2) is 5.71. The van der Waals surface area contributed by atoms with E-state index < -0.39 is 21.4 Å². The Morgan fingerprint density at radius 3 is 2.91 bits per heavy atom. The Morgan fingerprint density at radius 2 is 2.23 bits per heavy atom. The van der Waals surface area contributed by atoms with Crippen LogP contribution in [0.4, 0.5) is 10.3 Å². The highest BCUT2D eigenvalue weighted by molar-refractivity contribution is 7.89. The number of anilines is 1. The van der Waals surface area contributed by atoms with Gasteiger partial charge in [-0.2, -0.15) is 4.31 Å². The van der Waals surface area contributed by atoms with Crippen molar-refractivity contribution in [3.05, 3.63) is 18.2 Å². The molecule has 1 N–H and O–H groups in total. The Hall–Kier alpha value is -1.32. The van der Waals surface area contributed by atoms with Crippen molar-refractivity contribution in [1.29, 1.82) is 0 Å². The zero-order valence-electron chi connectivity index (χ0n) is 12.3. The van der Waals surface area contributed by atoms with Gasteiger partial charge in [-0.15, -0.1) is 0 Å². The molecule has 2 saturated heterocycles. The SMILES string of the molecule is CCS(=O)(=O)N1CCC2(CC(Nc3ncc(F)cn3)CO2)C1. The van der Waals surface area contributed by atoms with Crippen molar-refractivity contribution in [2.75, 3.05) is 30.8 Å². The van der Waals surface area contributed by atoms with Crippen molar-refractivity contribution in [2.24, 2.45) is 0 Å². The maximum Gasteiger partial charge on any atom is 0.223 e. The van der Waals surface area contributed by atoms with Crippen molar-refractivity contribution < 1.29 is 17.5 Å². The topological polar surface area (TPSA) is 84.4 Å². The lowest BCUT2D eigenvalue weighted by Gasteiger charge is -2.23. The normalized spacial score (nSPS) is 29.3. The molecule has 3 rings (SSSR count). The van der Waals surface area contributed by atoms with Crippen LogP contribution in [0.25, 0.3) is 0 Å². The average Bonchev–Trinajstić information content (AvgIpc) is 3.10. The first-order valence-electron chi connectivity index (χ1n) is 7.28. The minimum atomic E-state index is -3.18. The third kappa shape index (κ3) is 3.06. The lowest BCUT2D eigenvalue weighted by atomic mass is 9.97. The van der Waals surface area contributed by atoms with Gasteiger partial charge in [0.15, 0.2) is 5.82 Å². The second-order valence-corrected chi connectivity index (χ2v) is 8.01. The summed E-state index contributed by atoms with van der Waals surface area (Å²) in [5.74, 6) is -0.0299. The number of nitrogens with one attached hydrogen (secondary N) is 1. The average molecular weight is 330 g/mol. The molecule has 1 aromatic rings. The van der Waals surface area contributed by atoms with E-state index in [2.05, 4.69) is 15.3 Å². The Balaban J connectivity index is 1.62. The molecule has 2 aliphatic heterocycles. The standard InChI is InChI=1S/C13H19FN4O3S/c1-2-22(19,20)18-4-3-13(9-18)5-11(8-21-13)17-12-15-6-10(14)7-16-12/h6-7,11H,2-5,8-9H2,1H3,(H,15,16,17). The van der Waals surface area contributed by atoms with E-state index >= 15 is 0 Å². The van der Waals surface area contributed by atoms with Crippen molar-refractivity contribution in [2.45, 2.75) is 31.4 Å². The van der Waals surface area contributed by atoms with E-state index in [0.717, 1.165) is 12.4 Å². The van der Waals surface area contributed by atoms with E-state index in [1.165, 1.54) is 4.31 Å². The number of sulfonamides is 1. The van der Waals surface area contributed by atoms with Gasteiger partial charge in [0.1, 0.15) is 0 Å². The van der Waals surface area contributed by atoms with Gasteiger partial charge in [0.2, 0.25) is 16.0 Å². The van der Waals surface area contributed by atoms with E-state index in [1.807, 2.05) is 0 Å². The highest BCUT2D eigenvalue weighted by atomic mass is 32.2. The van der Waals surface area contributed by atoms with Crippen LogP contribution < -0.4 is 5.32 Å². The lowest BCUT2D eigenvalue weighted by Crippen LogP contribution is -2.37. The highest BCUT2D eigenvalue weighted by Crippen LogP contribution is 2.36. The highest BCUT2D eigenvalue weighted by Gasteiger charge is 2.48.